The minimum atomic E-state index is -0.0635. The molecule has 3 aliphatic rings. The highest BCUT2D eigenvalue weighted by Gasteiger charge is 2.48. The number of anilines is 2. The molecule has 0 saturated carbocycles. The summed E-state index contributed by atoms with van der Waals surface area (Å²) < 4.78 is 0. The molecule has 0 radical (unpaired) electrons. The Labute approximate surface area is 237 Å². The Balaban J connectivity index is 1.86. The summed E-state index contributed by atoms with van der Waals surface area (Å²) in [5, 5.41) is 8.03. The average Bonchev–Trinajstić information content (AvgIpc) is 2.61. The van der Waals surface area contributed by atoms with Gasteiger partial charge in [0.1, 0.15) is 0 Å². The Morgan fingerprint density at radius 2 is 1.05 bits per heavy atom. The number of hydrogen-bond acceptors (Lipinski definition) is 7. The van der Waals surface area contributed by atoms with Crippen LogP contribution in [0.2, 0.25) is 5.28 Å². The Morgan fingerprint density at radius 1 is 0.658 bits per heavy atom. The van der Waals surface area contributed by atoms with Crippen LogP contribution in [0.1, 0.15) is 128 Å². The molecule has 0 unspecified atom stereocenters. The van der Waals surface area contributed by atoms with E-state index in [1.807, 2.05) is 0 Å². The monoisotopic (exact) mass is 547 g/mol. The van der Waals surface area contributed by atoms with Crippen LogP contribution in [0.5, 0.6) is 0 Å². The van der Waals surface area contributed by atoms with Crippen molar-refractivity contribution in [2.75, 3.05) is 9.80 Å². The summed E-state index contributed by atoms with van der Waals surface area (Å²) in [6.07, 6.45) is 7.47. The van der Waals surface area contributed by atoms with Gasteiger partial charge in [-0.15, -0.1) is 0 Å². The normalized spacial score (nSPS) is 28.2. The summed E-state index contributed by atoms with van der Waals surface area (Å²) in [7, 11) is 0. The molecule has 0 spiro atoms. The first-order valence-electron chi connectivity index (χ1n) is 14.7. The summed E-state index contributed by atoms with van der Waals surface area (Å²) in [5.41, 5.74) is -0.130. The predicted octanol–water partition coefficient (Wildman–Crippen LogP) is 6.50. The number of hydrogen-bond donors (Lipinski definition) is 2. The summed E-state index contributed by atoms with van der Waals surface area (Å²) in [4.78, 5) is 19.9. The molecule has 1 aromatic rings. The number of piperidine rings is 3. The zero-order valence-corrected chi connectivity index (χ0v) is 27.0. The number of nitrogens with zero attached hydrogens (tertiary/aromatic N) is 5. The van der Waals surface area contributed by atoms with Crippen molar-refractivity contribution >= 4 is 23.5 Å². The maximum Gasteiger partial charge on any atom is 0.232 e. The van der Waals surface area contributed by atoms with E-state index in [1.54, 1.807) is 0 Å². The van der Waals surface area contributed by atoms with Crippen molar-refractivity contribution < 1.29 is 0 Å². The molecule has 0 amide bonds. The van der Waals surface area contributed by atoms with Gasteiger partial charge in [-0.3, -0.25) is 0 Å². The molecule has 2 N–H and O–H groups in total. The molecule has 0 atom stereocenters. The Hall–Kier alpha value is -1.18. The van der Waals surface area contributed by atoms with Crippen molar-refractivity contribution in [3.63, 3.8) is 0 Å². The smallest absolute Gasteiger partial charge is 0.232 e. The van der Waals surface area contributed by atoms with Gasteiger partial charge in [-0.25, -0.2) is 0 Å². The number of nitrogens with one attached hydrogen (secondary N) is 2. The van der Waals surface area contributed by atoms with Gasteiger partial charge in [0, 0.05) is 45.3 Å². The van der Waals surface area contributed by atoms with E-state index >= 15 is 0 Å². The van der Waals surface area contributed by atoms with Gasteiger partial charge in [0.15, 0.2) is 0 Å². The van der Waals surface area contributed by atoms with Crippen LogP contribution in [0.3, 0.4) is 0 Å². The van der Waals surface area contributed by atoms with E-state index in [0.717, 1.165) is 44.5 Å². The molecule has 216 valence electrons. The molecular weight excluding hydrogens is 494 g/mol. The third-order valence-corrected chi connectivity index (χ3v) is 9.10. The summed E-state index contributed by atoms with van der Waals surface area (Å²) >= 11 is 6.76. The lowest BCUT2D eigenvalue weighted by atomic mass is 9.75. The summed E-state index contributed by atoms with van der Waals surface area (Å²) in [6, 6.07) is 0.564. The van der Waals surface area contributed by atoms with Gasteiger partial charge in [0.2, 0.25) is 17.2 Å². The van der Waals surface area contributed by atoms with Gasteiger partial charge in [-0.1, -0.05) is 0 Å². The minimum absolute atomic E-state index is 0.000867. The largest absolute Gasteiger partial charge is 0.334 e. The zero-order valence-electron chi connectivity index (χ0n) is 26.2. The van der Waals surface area contributed by atoms with Gasteiger partial charge in [0.05, 0.1) is 0 Å². The quantitative estimate of drug-likeness (QED) is 0.446. The maximum atomic E-state index is 6.76. The van der Waals surface area contributed by atoms with Gasteiger partial charge in [-0.2, -0.15) is 15.0 Å². The number of rotatable bonds is 4. The van der Waals surface area contributed by atoms with Crippen LogP contribution in [0.25, 0.3) is 0 Å². The molecule has 3 fully saturated rings. The summed E-state index contributed by atoms with van der Waals surface area (Å²) in [5.74, 6) is 1.44. The first-order valence-corrected chi connectivity index (χ1v) is 15.1. The molecular formula is C30H54ClN7. The summed E-state index contributed by atoms with van der Waals surface area (Å²) in [6.45, 7) is 27.8. The highest BCUT2D eigenvalue weighted by Crippen LogP contribution is 2.43. The molecule has 3 aliphatic heterocycles. The van der Waals surface area contributed by atoms with Gasteiger partial charge < -0.3 is 20.4 Å². The van der Waals surface area contributed by atoms with E-state index in [2.05, 4.69) is 104 Å². The minimum Gasteiger partial charge on any atom is -0.334 e. The van der Waals surface area contributed by atoms with Crippen molar-refractivity contribution in [3.8, 4) is 0 Å². The highest BCUT2D eigenvalue weighted by molar-refractivity contribution is 6.28. The molecule has 4 rings (SSSR count). The van der Waals surface area contributed by atoms with Gasteiger partial charge in [-0.05, 0) is 140 Å². The second-order valence-corrected chi connectivity index (χ2v) is 16.7. The Morgan fingerprint density at radius 3 is 1.45 bits per heavy atom. The van der Waals surface area contributed by atoms with E-state index in [-0.39, 0.29) is 50.6 Å². The lowest BCUT2D eigenvalue weighted by Crippen LogP contribution is -2.67. The average molecular weight is 548 g/mol. The standard InChI is InChI=1S/C30H54ClN7/c1-25(2)16-20(17-26(3,4)35-25)37(21-18-27(5,6)36-28(7,8)19-21)23-32-22(31)33-24(34-23)38-29(9,10)14-13-15-30(38,11)12/h20-21,35-36H,13-19H2,1-12H3. The molecule has 0 aromatic carbocycles. The van der Waals surface area contributed by atoms with E-state index < -0.39 is 0 Å². The second-order valence-electron chi connectivity index (χ2n) is 16.3. The fourth-order valence-corrected chi connectivity index (χ4v) is 8.79. The molecule has 4 heterocycles. The Bertz CT molecular complexity index is 943. The van der Waals surface area contributed by atoms with Crippen molar-refractivity contribution in [1.82, 2.24) is 25.6 Å². The molecule has 0 bridgehead atoms. The molecule has 1 aromatic heterocycles. The van der Waals surface area contributed by atoms with Crippen LogP contribution in [0.15, 0.2) is 0 Å². The van der Waals surface area contributed by atoms with Crippen LogP contribution >= 0.6 is 11.6 Å². The number of halogens is 1. The SMILES string of the molecule is CC1(C)CC(N(c2nc(Cl)nc(N3C(C)(C)CCCC3(C)C)n2)C2CC(C)(C)NC(C)(C)C2)CC(C)(C)N1. The lowest BCUT2D eigenvalue weighted by Gasteiger charge is -2.55. The van der Waals surface area contributed by atoms with E-state index in [4.69, 9.17) is 26.6 Å². The van der Waals surface area contributed by atoms with Crippen molar-refractivity contribution in [1.29, 1.82) is 0 Å². The van der Waals surface area contributed by atoms with Gasteiger partial charge >= 0.3 is 0 Å². The predicted molar refractivity (Wildman–Crippen MR) is 160 cm³/mol. The fraction of sp³-hybridized carbons (Fsp3) is 0.900. The third-order valence-electron chi connectivity index (χ3n) is 8.93. The van der Waals surface area contributed by atoms with Crippen molar-refractivity contribution in [3.05, 3.63) is 5.28 Å². The van der Waals surface area contributed by atoms with E-state index in [1.165, 1.54) is 6.42 Å². The molecule has 3 saturated heterocycles. The van der Waals surface area contributed by atoms with Crippen LogP contribution in [0.4, 0.5) is 11.9 Å². The lowest BCUT2D eigenvalue weighted by molar-refractivity contribution is 0.123. The van der Waals surface area contributed by atoms with Crippen LogP contribution in [-0.4, -0.2) is 60.3 Å². The van der Waals surface area contributed by atoms with Crippen LogP contribution < -0.4 is 20.4 Å². The molecule has 7 nitrogen and oxygen atoms in total. The Kier molecular flexibility index (Phi) is 7.40. The molecule has 8 heteroatoms. The first-order chi connectivity index (χ1) is 17.1. The zero-order chi connectivity index (χ0) is 28.5. The fourth-order valence-electron chi connectivity index (χ4n) is 8.64. The van der Waals surface area contributed by atoms with Crippen LogP contribution in [0, 0.1) is 0 Å². The van der Waals surface area contributed by atoms with Crippen molar-refractivity contribution in [2.45, 2.75) is 173 Å². The van der Waals surface area contributed by atoms with E-state index in [0.29, 0.717) is 5.95 Å². The third kappa shape index (κ3) is 6.41. The van der Waals surface area contributed by atoms with E-state index in [9.17, 15) is 0 Å². The number of aromatic nitrogens is 3. The topological polar surface area (TPSA) is 69.2 Å². The van der Waals surface area contributed by atoms with Gasteiger partial charge in [0.25, 0.3) is 0 Å². The first kappa shape index (κ1) is 29.8. The van der Waals surface area contributed by atoms with Crippen LogP contribution in [-0.2, 0) is 0 Å². The molecule has 38 heavy (non-hydrogen) atoms. The second kappa shape index (κ2) is 9.44. The highest BCUT2D eigenvalue weighted by atomic mass is 35.5. The maximum absolute atomic E-state index is 6.76. The molecule has 0 aliphatic carbocycles. The van der Waals surface area contributed by atoms with Crippen molar-refractivity contribution in [2.24, 2.45) is 0 Å².